The van der Waals surface area contributed by atoms with Crippen LogP contribution in [0.5, 0.6) is 5.88 Å². The second-order valence-corrected chi connectivity index (χ2v) is 5.47. The first-order valence-corrected chi connectivity index (χ1v) is 7.69. The van der Waals surface area contributed by atoms with Gasteiger partial charge in [0.15, 0.2) is 0 Å². The highest BCUT2D eigenvalue weighted by atomic mass is 16.5. The van der Waals surface area contributed by atoms with E-state index < -0.39 is 0 Å². The number of pyridine rings is 1. The zero-order chi connectivity index (χ0) is 14.2. The van der Waals surface area contributed by atoms with Gasteiger partial charge in [0, 0.05) is 31.5 Å². The molecule has 0 radical (unpaired) electrons. The molecule has 2 rings (SSSR count). The molecule has 1 N–H and O–H groups in total. The van der Waals surface area contributed by atoms with Crippen LogP contribution in [0.3, 0.4) is 0 Å². The predicted octanol–water partition coefficient (Wildman–Crippen LogP) is 2.95. The Morgan fingerprint density at radius 1 is 1.45 bits per heavy atom. The highest BCUT2D eigenvalue weighted by molar-refractivity contribution is 5.23. The van der Waals surface area contributed by atoms with Crippen molar-refractivity contribution in [2.45, 2.75) is 39.2 Å². The molecule has 0 aromatic carbocycles. The number of rotatable bonds is 7. The van der Waals surface area contributed by atoms with Crippen molar-refractivity contribution in [1.82, 2.24) is 10.3 Å². The number of ether oxygens (including phenoxy) is 2. The molecule has 1 aliphatic heterocycles. The van der Waals surface area contributed by atoms with Crippen LogP contribution in [0, 0.1) is 5.92 Å². The van der Waals surface area contributed by atoms with E-state index in [4.69, 9.17) is 9.47 Å². The summed E-state index contributed by atoms with van der Waals surface area (Å²) in [5.41, 5.74) is 1.23. The summed E-state index contributed by atoms with van der Waals surface area (Å²) in [6.07, 6.45) is 5.16. The van der Waals surface area contributed by atoms with Gasteiger partial charge < -0.3 is 14.8 Å². The van der Waals surface area contributed by atoms with E-state index in [2.05, 4.69) is 30.2 Å². The molecule has 20 heavy (non-hydrogen) atoms. The lowest BCUT2D eigenvalue weighted by molar-refractivity contribution is 0.0490. The van der Waals surface area contributed by atoms with Crippen LogP contribution in [0.4, 0.5) is 0 Å². The van der Waals surface area contributed by atoms with Crippen LogP contribution in [0.25, 0.3) is 0 Å². The van der Waals surface area contributed by atoms with Crippen LogP contribution in [-0.4, -0.2) is 31.3 Å². The Kier molecular flexibility index (Phi) is 6.27. The van der Waals surface area contributed by atoms with Crippen LogP contribution < -0.4 is 10.1 Å². The van der Waals surface area contributed by atoms with Gasteiger partial charge in [-0.05, 0) is 50.3 Å². The van der Waals surface area contributed by atoms with Crippen molar-refractivity contribution >= 4 is 0 Å². The quantitative estimate of drug-likeness (QED) is 0.833. The maximum Gasteiger partial charge on any atom is 0.213 e. The maximum atomic E-state index is 5.85. The number of nitrogens with zero attached hydrogens (tertiary/aromatic N) is 1. The molecule has 1 unspecified atom stereocenters. The van der Waals surface area contributed by atoms with E-state index in [-0.39, 0.29) is 0 Å². The Morgan fingerprint density at radius 2 is 2.25 bits per heavy atom. The first kappa shape index (κ1) is 15.3. The fraction of sp³-hybridized carbons (Fsp3) is 0.688. The van der Waals surface area contributed by atoms with Crippen molar-refractivity contribution in [3.63, 3.8) is 0 Å². The number of nitrogens with one attached hydrogen (secondary N) is 1. The summed E-state index contributed by atoms with van der Waals surface area (Å²) in [6.45, 7) is 7.85. The van der Waals surface area contributed by atoms with Gasteiger partial charge in [0.25, 0.3) is 0 Å². The topological polar surface area (TPSA) is 43.4 Å². The molecule has 2 heterocycles. The molecule has 1 atom stereocenters. The summed E-state index contributed by atoms with van der Waals surface area (Å²) in [5.74, 6) is 1.34. The van der Waals surface area contributed by atoms with E-state index in [1.54, 1.807) is 0 Å². The number of hydrogen-bond donors (Lipinski definition) is 1. The van der Waals surface area contributed by atoms with Gasteiger partial charge in [-0.1, -0.05) is 6.92 Å². The van der Waals surface area contributed by atoms with Crippen LogP contribution in [0.2, 0.25) is 0 Å². The van der Waals surface area contributed by atoms with Gasteiger partial charge in [-0.15, -0.1) is 0 Å². The van der Waals surface area contributed by atoms with Crippen molar-refractivity contribution in [3.8, 4) is 5.88 Å². The minimum atomic E-state index is 0.336. The Labute approximate surface area is 121 Å². The van der Waals surface area contributed by atoms with Gasteiger partial charge in [-0.2, -0.15) is 0 Å². The summed E-state index contributed by atoms with van der Waals surface area (Å²) < 4.78 is 11.2. The molecule has 0 amide bonds. The van der Waals surface area contributed by atoms with E-state index in [0.29, 0.717) is 12.0 Å². The van der Waals surface area contributed by atoms with Crippen LogP contribution in [-0.2, 0) is 4.74 Å². The van der Waals surface area contributed by atoms with Crippen molar-refractivity contribution in [1.29, 1.82) is 0 Å². The third kappa shape index (κ3) is 4.76. The SMILES string of the molecule is CCCNC(C)c1ccnc(OCC2CCOCC2)c1. The molecular weight excluding hydrogens is 252 g/mol. The molecule has 0 saturated carbocycles. The minimum Gasteiger partial charge on any atom is -0.477 e. The van der Waals surface area contributed by atoms with E-state index in [0.717, 1.165) is 51.5 Å². The predicted molar refractivity (Wildman–Crippen MR) is 80.0 cm³/mol. The molecule has 0 bridgehead atoms. The smallest absolute Gasteiger partial charge is 0.213 e. The minimum absolute atomic E-state index is 0.336. The highest BCUT2D eigenvalue weighted by Crippen LogP contribution is 2.19. The van der Waals surface area contributed by atoms with Gasteiger partial charge in [0.2, 0.25) is 5.88 Å². The lowest BCUT2D eigenvalue weighted by atomic mass is 10.0. The monoisotopic (exact) mass is 278 g/mol. The third-order valence-corrected chi connectivity index (χ3v) is 3.77. The lowest BCUT2D eigenvalue weighted by Crippen LogP contribution is -2.22. The highest BCUT2D eigenvalue weighted by Gasteiger charge is 2.15. The molecule has 1 aromatic rings. The Hall–Kier alpha value is -1.13. The van der Waals surface area contributed by atoms with E-state index in [1.807, 2.05) is 12.3 Å². The zero-order valence-corrected chi connectivity index (χ0v) is 12.6. The fourth-order valence-electron chi connectivity index (χ4n) is 2.37. The average molecular weight is 278 g/mol. The van der Waals surface area contributed by atoms with E-state index in [1.165, 1.54) is 5.56 Å². The van der Waals surface area contributed by atoms with E-state index >= 15 is 0 Å². The molecule has 1 saturated heterocycles. The first-order chi connectivity index (χ1) is 9.79. The Morgan fingerprint density at radius 3 is 3.00 bits per heavy atom. The normalized spacial score (nSPS) is 17.9. The summed E-state index contributed by atoms with van der Waals surface area (Å²) in [4.78, 5) is 4.31. The molecule has 4 nitrogen and oxygen atoms in total. The average Bonchev–Trinajstić information content (AvgIpc) is 2.52. The summed E-state index contributed by atoms with van der Waals surface area (Å²) in [5, 5.41) is 3.48. The van der Waals surface area contributed by atoms with Gasteiger partial charge in [0.1, 0.15) is 0 Å². The molecule has 0 spiro atoms. The lowest BCUT2D eigenvalue weighted by Gasteiger charge is -2.22. The maximum absolute atomic E-state index is 5.85. The number of aromatic nitrogens is 1. The first-order valence-electron chi connectivity index (χ1n) is 7.69. The van der Waals surface area contributed by atoms with Crippen molar-refractivity contribution < 1.29 is 9.47 Å². The van der Waals surface area contributed by atoms with Crippen LogP contribution in [0.15, 0.2) is 18.3 Å². The number of hydrogen-bond acceptors (Lipinski definition) is 4. The standard InChI is InChI=1S/C16H26N2O2/c1-3-7-17-13(2)15-4-8-18-16(11-15)20-12-14-5-9-19-10-6-14/h4,8,11,13-14,17H,3,5-7,9-10,12H2,1-2H3. The van der Waals surface area contributed by atoms with Crippen molar-refractivity contribution in [2.24, 2.45) is 5.92 Å². The van der Waals surface area contributed by atoms with E-state index in [9.17, 15) is 0 Å². The molecule has 0 aliphatic carbocycles. The van der Waals surface area contributed by atoms with Gasteiger partial charge in [0.05, 0.1) is 6.61 Å². The van der Waals surface area contributed by atoms with Gasteiger partial charge >= 0.3 is 0 Å². The molecular formula is C16H26N2O2. The molecule has 112 valence electrons. The summed E-state index contributed by atoms with van der Waals surface area (Å²) in [6, 6.07) is 4.43. The Balaban J connectivity index is 1.85. The molecule has 4 heteroatoms. The summed E-state index contributed by atoms with van der Waals surface area (Å²) >= 11 is 0. The second-order valence-electron chi connectivity index (χ2n) is 5.47. The van der Waals surface area contributed by atoms with Crippen LogP contribution in [0.1, 0.15) is 44.7 Å². The fourth-order valence-corrected chi connectivity index (χ4v) is 2.37. The van der Waals surface area contributed by atoms with Crippen molar-refractivity contribution in [3.05, 3.63) is 23.9 Å². The third-order valence-electron chi connectivity index (χ3n) is 3.77. The second kappa shape index (κ2) is 8.22. The van der Waals surface area contributed by atoms with Crippen LogP contribution >= 0.6 is 0 Å². The largest absolute Gasteiger partial charge is 0.477 e. The van der Waals surface area contributed by atoms with Crippen molar-refractivity contribution in [2.75, 3.05) is 26.4 Å². The van der Waals surface area contributed by atoms with Gasteiger partial charge in [-0.25, -0.2) is 4.98 Å². The summed E-state index contributed by atoms with van der Waals surface area (Å²) in [7, 11) is 0. The molecule has 1 fully saturated rings. The molecule has 1 aromatic heterocycles. The molecule has 1 aliphatic rings. The zero-order valence-electron chi connectivity index (χ0n) is 12.6. The Bertz CT molecular complexity index is 392. The van der Waals surface area contributed by atoms with Gasteiger partial charge in [-0.3, -0.25) is 0 Å².